The lowest BCUT2D eigenvalue weighted by atomic mass is 10.3. The van der Waals surface area contributed by atoms with Crippen LogP contribution in [0, 0.1) is 5.82 Å². The Hall–Kier alpha value is -2.22. The van der Waals surface area contributed by atoms with Gasteiger partial charge in [-0.3, -0.25) is 0 Å². The molecule has 0 aliphatic rings. The predicted octanol–water partition coefficient (Wildman–Crippen LogP) is 2.27. The van der Waals surface area contributed by atoms with Gasteiger partial charge in [0.15, 0.2) is 5.84 Å². The van der Waals surface area contributed by atoms with E-state index in [1.807, 2.05) is 0 Å². The fourth-order valence-electron chi connectivity index (χ4n) is 1.29. The first kappa shape index (κ1) is 13.2. The molecule has 3 N–H and O–H groups in total. The van der Waals surface area contributed by atoms with Crippen LogP contribution in [0.15, 0.2) is 40.1 Å². The average molecular weight is 327 g/mol. The Balaban J connectivity index is 2.35. The maximum absolute atomic E-state index is 13.4. The zero-order chi connectivity index (χ0) is 13.8. The summed E-state index contributed by atoms with van der Waals surface area (Å²) in [6, 6.07) is 5.67. The van der Waals surface area contributed by atoms with E-state index >= 15 is 0 Å². The molecule has 0 radical (unpaired) electrons. The van der Waals surface area contributed by atoms with Gasteiger partial charge in [0.25, 0.3) is 0 Å². The van der Waals surface area contributed by atoms with Crippen molar-refractivity contribution in [1.29, 1.82) is 0 Å². The maximum atomic E-state index is 13.4. The monoisotopic (exact) mass is 326 g/mol. The minimum absolute atomic E-state index is 0.0134. The molecule has 0 saturated carbocycles. The van der Waals surface area contributed by atoms with Gasteiger partial charge in [-0.25, -0.2) is 4.39 Å². The molecule has 0 amide bonds. The van der Waals surface area contributed by atoms with Gasteiger partial charge in [-0.15, -0.1) is 5.10 Å². The first-order valence-corrected chi connectivity index (χ1v) is 5.83. The Morgan fingerprint density at radius 3 is 2.89 bits per heavy atom. The van der Waals surface area contributed by atoms with E-state index in [1.54, 1.807) is 0 Å². The molecule has 0 spiro atoms. The number of halogens is 2. The standard InChI is InChI=1S/C11H8BrFN4O2/c12-8-2-1-6(5-9(8)13)19-11-7(10(14)17-18)3-4-15-16-11/h1-5,18H,(H2,14,17). The smallest absolute Gasteiger partial charge is 0.250 e. The molecule has 0 atom stereocenters. The van der Waals surface area contributed by atoms with Crippen molar-refractivity contribution in [2.24, 2.45) is 10.9 Å². The molecule has 98 valence electrons. The van der Waals surface area contributed by atoms with Crippen LogP contribution in [0.4, 0.5) is 4.39 Å². The average Bonchev–Trinajstić information content (AvgIpc) is 2.43. The molecule has 2 rings (SSSR count). The van der Waals surface area contributed by atoms with E-state index in [2.05, 4.69) is 31.3 Å². The highest BCUT2D eigenvalue weighted by Gasteiger charge is 2.12. The van der Waals surface area contributed by atoms with Gasteiger partial charge in [0, 0.05) is 6.07 Å². The van der Waals surface area contributed by atoms with Crippen LogP contribution in [-0.2, 0) is 0 Å². The number of aromatic nitrogens is 2. The molecule has 8 heteroatoms. The second-order valence-corrected chi connectivity index (χ2v) is 4.27. The number of hydrogen-bond donors (Lipinski definition) is 2. The number of benzene rings is 1. The van der Waals surface area contributed by atoms with Gasteiger partial charge in [0.2, 0.25) is 5.88 Å². The molecule has 0 aliphatic heterocycles. The van der Waals surface area contributed by atoms with Gasteiger partial charge in [-0.05, 0) is 34.1 Å². The van der Waals surface area contributed by atoms with Gasteiger partial charge >= 0.3 is 0 Å². The second kappa shape index (κ2) is 5.61. The third-order valence-electron chi connectivity index (χ3n) is 2.18. The molecule has 0 saturated heterocycles. The highest BCUT2D eigenvalue weighted by molar-refractivity contribution is 9.10. The van der Waals surface area contributed by atoms with Crippen molar-refractivity contribution >= 4 is 21.8 Å². The maximum Gasteiger partial charge on any atom is 0.250 e. The minimum Gasteiger partial charge on any atom is -0.437 e. The Bertz CT molecular complexity index is 636. The quantitative estimate of drug-likeness (QED) is 0.390. The van der Waals surface area contributed by atoms with Crippen molar-refractivity contribution < 1.29 is 14.3 Å². The van der Waals surface area contributed by atoms with Crippen molar-refractivity contribution in [3.05, 3.63) is 46.3 Å². The van der Waals surface area contributed by atoms with Gasteiger partial charge in [0.05, 0.1) is 16.2 Å². The first-order chi connectivity index (χ1) is 9.11. The molecule has 1 aromatic heterocycles. The van der Waals surface area contributed by atoms with Crippen molar-refractivity contribution in [3.8, 4) is 11.6 Å². The summed E-state index contributed by atoms with van der Waals surface area (Å²) in [6.45, 7) is 0. The summed E-state index contributed by atoms with van der Waals surface area (Å²) in [5.74, 6) is -0.429. The SMILES string of the molecule is N/C(=N/O)c1ccnnc1Oc1ccc(Br)c(F)c1. The van der Waals surface area contributed by atoms with Crippen LogP contribution in [0.5, 0.6) is 11.6 Å². The molecule has 0 bridgehead atoms. The molecule has 1 aromatic carbocycles. The van der Waals surface area contributed by atoms with E-state index in [9.17, 15) is 4.39 Å². The van der Waals surface area contributed by atoms with Crippen molar-refractivity contribution in [3.63, 3.8) is 0 Å². The summed E-state index contributed by atoms with van der Waals surface area (Å²) in [6.07, 6.45) is 1.36. The molecule has 6 nitrogen and oxygen atoms in total. The summed E-state index contributed by atoms with van der Waals surface area (Å²) in [5, 5.41) is 18.9. The number of ether oxygens (including phenoxy) is 1. The van der Waals surface area contributed by atoms with E-state index in [1.165, 1.54) is 30.5 Å². The van der Waals surface area contributed by atoms with E-state index in [4.69, 9.17) is 15.7 Å². The molecular weight excluding hydrogens is 319 g/mol. The number of amidine groups is 1. The molecule has 0 unspecified atom stereocenters. The summed E-state index contributed by atoms with van der Waals surface area (Å²) in [4.78, 5) is 0. The zero-order valence-corrected chi connectivity index (χ0v) is 11.0. The highest BCUT2D eigenvalue weighted by Crippen LogP contribution is 2.26. The van der Waals surface area contributed by atoms with Crippen LogP contribution in [0.3, 0.4) is 0 Å². The Labute approximate surface area is 115 Å². The van der Waals surface area contributed by atoms with Gasteiger partial charge in [-0.1, -0.05) is 5.16 Å². The van der Waals surface area contributed by atoms with E-state index in [-0.39, 0.29) is 23.0 Å². The summed E-state index contributed by atoms with van der Waals surface area (Å²) in [5.41, 5.74) is 5.72. The number of hydrogen-bond acceptors (Lipinski definition) is 5. The summed E-state index contributed by atoms with van der Waals surface area (Å²) >= 11 is 3.03. The molecule has 19 heavy (non-hydrogen) atoms. The largest absolute Gasteiger partial charge is 0.437 e. The van der Waals surface area contributed by atoms with E-state index in [0.29, 0.717) is 4.47 Å². The fourth-order valence-corrected chi connectivity index (χ4v) is 1.54. The first-order valence-electron chi connectivity index (χ1n) is 5.04. The number of oxime groups is 1. The zero-order valence-electron chi connectivity index (χ0n) is 9.42. The van der Waals surface area contributed by atoms with Crippen LogP contribution < -0.4 is 10.5 Å². The van der Waals surface area contributed by atoms with Gasteiger partial charge in [-0.2, -0.15) is 5.10 Å². The van der Waals surface area contributed by atoms with E-state index in [0.717, 1.165) is 0 Å². The van der Waals surface area contributed by atoms with Gasteiger partial charge in [0.1, 0.15) is 11.6 Å². The number of rotatable bonds is 3. The lowest BCUT2D eigenvalue weighted by Gasteiger charge is -2.08. The summed E-state index contributed by atoms with van der Waals surface area (Å²) in [7, 11) is 0. The Kier molecular flexibility index (Phi) is 3.91. The molecule has 0 fully saturated rings. The Morgan fingerprint density at radius 2 is 2.21 bits per heavy atom. The number of nitrogens with two attached hydrogens (primary N) is 1. The topological polar surface area (TPSA) is 93.6 Å². The van der Waals surface area contributed by atoms with Crippen molar-refractivity contribution in [1.82, 2.24) is 10.2 Å². The van der Waals surface area contributed by atoms with Crippen molar-refractivity contribution in [2.45, 2.75) is 0 Å². The van der Waals surface area contributed by atoms with Crippen LogP contribution in [-0.4, -0.2) is 21.2 Å². The third-order valence-corrected chi connectivity index (χ3v) is 2.82. The number of nitrogens with zero attached hydrogens (tertiary/aromatic N) is 3. The van der Waals surface area contributed by atoms with Crippen LogP contribution >= 0.6 is 15.9 Å². The van der Waals surface area contributed by atoms with Crippen LogP contribution in [0.1, 0.15) is 5.56 Å². The van der Waals surface area contributed by atoms with Crippen LogP contribution in [0.2, 0.25) is 0 Å². The second-order valence-electron chi connectivity index (χ2n) is 3.41. The van der Waals surface area contributed by atoms with Crippen LogP contribution in [0.25, 0.3) is 0 Å². The van der Waals surface area contributed by atoms with Gasteiger partial charge < -0.3 is 15.7 Å². The molecule has 1 heterocycles. The van der Waals surface area contributed by atoms with Crippen molar-refractivity contribution in [2.75, 3.05) is 0 Å². The molecule has 2 aromatic rings. The van der Waals surface area contributed by atoms with E-state index < -0.39 is 5.82 Å². The normalized spacial score (nSPS) is 11.4. The predicted molar refractivity (Wildman–Crippen MR) is 68.7 cm³/mol. The fraction of sp³-hybridized carbons (Fsp3) is 0. The Morgan fingerprint density at radius 1 is 1.42 bits per heavy atom. The lowest BCUT2D eigenvalue weighted by molar-refractivity contribution is 0.318. The summed E-state index contributed by atoms with van der Waals surface area (Å²) < 4.78 is 19.0. The third kappa shape index (κ3) is 2.97. The lowest BCUT2D eigenvalue weighted by Crippen LogP contribution is -2.15. The molecular formula is C11H8BrFN4O2. The highest BCUT2D eigenvalue weighted by atomic mass is 79.9. The molecule has 0 aliphatic carbocycles. The minimum atomic E-state index is -0.480.